The van der Waals surface area contributed by atoms with E-state index in [1.54, 1.807) is 18.2 Å². The number of anilines is 1. The van der Waals surface area contributed by atoms with E-state index in [1.807, 2.05) is 61.5 Å². The van der Waals surface area contributed by atoms with Crippen LogP contribution in [0.2, 0.25) is 0 Å². The van der Waals surface area contributed by atoms with Crippen LogP contribution in [0.25, 0.3) is 0 Å². The van der Waals surface area contributed by atoms with Crippen LogP contribution in [0, 0.1) is 12.7 Å². The van der Waals surface area contributed by atoms with E-state index in [9.17, 15) is 17.6 Å². The van der Waals surface area contributed by atoms with Gasteiger partial charge in [0.2, 0.25) is 5.91 Å². The summed E-state index contributed by atoms with van der Waals surface area (Å²) in [5, 5.41) is 2.99. The summed E-state index contributed by atoms with van der Waals surface area (Å²) in [6.07, 6.45) is 0. The lowest BCUT2D eigenvalue weighted by atomic mass is 9.97. The second-order valence-corrected chi connectivity index (χ2v) is 9.99. The van der Waals surface area contributed by atoms with Crippen molar-refractivity contribution in [3.05, 3.63) is 132 Å². The molecule has 35 heavy (non-hydrogen) atoms. The van der Waals surface area contributed by atoms with E-state index in [0.29, 0.717) is 0 Å². The second kappa shape index (κ2) is 10.5. The number of carbonyl (C=O) groups is 1. The first kappa shape index (κ1) is 24.2. The molecule has 1 atom stereocenters. The van der Waals surface area contributed by atoms with Crippen molar-refractivity contribution in [2.45, 2.75) is 17.9 Å². The third-order valence-corrected chi connectivity index (χ3v) is 7.33. The normalized spacial score (nSPS) is 12.1. The molecule has 0 aromatic heterocycles. The van der Waals surface area contributed by atoms with Crippen LogP contribution < -0.4 is 9.62 Å². The number of rotatable bonds is 8. The number of halogens is 1. The van der Waals surface area contributed by atoms with Crippen LogP contribution in [0.3, 0.4) is 0 Å². The number of benzene rings is 4. The fourth-order valence-corrected chi connectivity index (χ4v) is 5.28. The predicted molar refractivity (Wildman–Crippen MR) is 135 cm³/mol. The molecule has 0 fully saturated rings. The quantitative estimate of drug-likeness (QED) is 0.369. The van der Waals surface area contributed by atoms with Gasteiger partial charge in [0.05, 0.1) is 16.6 Å². The molecule has 5 nitrogen and oxygen atoms in total. The highest BCUT2D eigenvalue weighted by atomic mass is 32.2. The first-order chi connectivity index (χ1) is 16.8. The number of nitrogens with zero attached hydrogens (tertiary/aromatic N) is 1. The highest BCUT2D eigenvalue weighted by Crippen LogP contribution is 2.26. The molecule has 0 bridgehead atoms. The van der Waals surface area contributed by atoms with Gasteiger partial charge in [0.25, 0.3) is 10.0 Å². The Hall–Kier alpha value is -3.97. The van der Waals surface area contributed by atoms with Crippen LogP contribution in [0.15, 0.2) is 114 Å². The zero-order valence-electron chi connectivity index (χ0n) is 19.1. The summed E-state index contributed by atoms with van der Waals surface area (Å²) < 4.78 is 41.5. The first-order valence-electron chi connectivity index (χ1n) is 11.1. The maximum atomic E-state index is 13.6. The van der Waals surface area contributed by atoms with Gasteiger partial charge in [0.15, 0.2) is 0 Å². The average Bonchev–Trinajstić information content (AvgIpc) is 2.87. The fraction of sp³-hybridized carbons (Fsp3) is 0.107. The Balaban J connectivity index is 1.68. The molecule has 0 aliphatic rings. The molecule has 4 rings (SSSR count). The number of nitrogens with one attached hydrogen (secondary N) is 1. The Morgan fingerprint density at radius 2 is 1.43 bits per heavy atom. The lowest BCUT2D eigenvalue weighted by Gasteiger charge is -2.26. The smallest absolute Gasteiger partial charge is 0.264 e. The monoisotopic (exact) mass is 488 g/mol. The molecule has 1 unspecified atom stereocenters. The minimum absolute atomic E-state index is 0.0374. The molecule has 4 aromatic rings. The number of carbonyl (C=O) groups excluding carboxylic acids is 1. The lowest BCUT2D eigenvalue weighted by Crippen LogP contribution is -2.42. The molecule has 0 saturated heterocycles. The van der Waals surface area contributed by atoms with Gasteiger partial charge in [-0.05, 0) is 54.4 Å². The number of amides is 1. The van der Waals surface area contributed by atoms with Crippen molar-refractivity contribution in [3.63, 3.8) is 0 Å². The van der Waals surface area contributed by atoms with Gasteiger partial charge in [-0.15, -0.1) is 0 Å². The topological polar surface area (TPSA) is 66.5 Å². The number of aryl methyl sites for hydroxylation is 1. The molecule has 0 aliphatic carbocycles. The fourth-order valence-electron chi connectivity index (χ4n) is 3.83. The standard InChI is InChI=1S/C28H25FN2O3S/c1-21-9-8-12-23(19-21)28(22-10-4-2-5-11-22)30-27(32)20-31(25-17-15-24(29)16-18-25)35(33,34)26-13-6-3-7-14-26/h2-19,28H,20H2,1H3,(H,30,32). The summed E-state index contributed by atoms with van der Waals surface area (Å²) in [6, 6.07) is 29.7. The maximum absolute atomic E-state index is 13.6. The van der Waals surface area contributed by atoms with E-state index in [0.717, 1.165) is 21.0 Å². The molecular weight excluding hydrogens is 463 g/mol. The van der Waals surface area contributed by atoms with E-state index in [4.69, 9.17) is 0 Å². The molecule has 0 aliphatic heterocycles. The summed E-state index contributed by atoms with van der Waals surface area (Å²) in [5.74, 6) is -0.997. The Morgan fingerprint density at radius 3 is 2.06 bits per heavy atom. The minimum Gasteiger partial charge on any atom is -0.344 e. The van der Waals surface area contributed by atoms with Crippen LogP contribution in [0.4, 0.5) is 10.1 Å². The zero-order chi connectivity index (χ0) is 24.8. The van der Waals surface area contributed by atoms with Crippen LogP contribution >= 0.6 is 0 Å². The minimum atomic E-state index is -4.08. The summed E-state index contributed by atoms with van der Waals surface area (Å²) in [6.45, 7) is 1.49. The van der Waals surface area contributed by atoms with Gasteiger partial charge in [0.1, 0.15) is 12.4 Å². The van der Waals surface area contributed by atoms with Crippen LogP contribution in [0.5, 0.6) is 0 Å². The first-order valence-corrected chi connectivity index (χ1v) is 12.5. The molecule has 7 heteroatoms. The van der Waals surface area contributed by atoms with Gasteiger partial charge in [0, 0.05) is 0 Å². The molecular formula is C28H25FN2O3S. The number of hydrogen-bond acceptors (Lipinski definition) is 3. The van der Waals surface area contributed by atoms with Crippen molar-refractivity contribution in [1.29, 1.82) is 0 Å². The Morgan fingerprint density at radius 1 is 0.829 bits per heavy atom. The zero-order valence-corrected chi connectivity index (χ0v) is 20.0. The third-order valence-electron chi connectivity index (χ3n) is 5.55. The maximum Gasteiger partial charge on any atom is 0.264 e. The van der Waals surface area contributed by atoms with Crippen molar-refractivity contribution in [1.82, 2.24) is 5.32 Å². The summed E-state index contributed by atoms with van der Waals surface area (Å²) >= 11 is 0. The van der Waals surface area contributed by atoms with Gasteiger partial charge < -0.3 is 5.32 Å². The molecule has 0 saturated carbocycles. The molecule has 0 heterocycles. The Labute approximate surface area is 204 Å². The highest BCUT2D eigenvalue weighted by molar-refractivity contribution is 7.92. The van der Waals surface area contributed by atoms with Crippen LogP contribution in [0.1, 0.15) is 22.7 Å². The molecule has 1 N–H and O–H groups in total. The van der Waals surface area contributed by atoms with Gasteiger partial charge in [-0.2, -0.15) is 0 Å². The number of hydrogen-bond donors (Lipinski definition) is 1. The predicted octanol–water partition coefficient (Wildman–Crippen LogP) is 5.24. The number of sulfonamides is 1. The summed E-state index contributed by atoms with van der Waals surface area (Å²) in [7, 11) is -4.08. The van der Waals surface area contributed by atoms with Crippen molar-refractivity contribution >= 4 is 21.6 Å². The van der Waals surface area contributed by atoms with E-state index < -0.39 is 34.3 Å². The van der Waals surface area contributed by atoms with Crippen molar-refractivity contribution in [3.8, 4) is 0 Å². The van der Waals surface area contributed by atoms with Gasteiger partial charge in [-0.1, -0.05) is 78.4 Å². The van der Waals surface area contributed by atoms with E-state index in [2.05, 4.69) is 5.32 Å². The largest absolute Gasteiger partial charge is 0.344 e. The van der Waals surface area contributed by atoms with Crippen LogP contribution in [-0.4, -0.2) is 20.9 Å². The molecule has 1 amide bonds. The Kier molecular flexibility index (Phi) is 7.27. The molecule has 4 aromatic carbocycles. The van der Waals surface area contributed by atoms with Gasteiger partial charge in [-0.25, -0.2) is 12.8 Å². The lowest BCUT2D eigenvalue weighted by molar-refractivity contribution is -0.120. The molecule has 178 valence electrons. The van der Waals surface area contributed by atoms with Crippen molar-refractivity contribution < 1.29 is 17.6 Å². The van der Waals surface area contributed by atoms with Crippen molar-refractivity contribution in [2.24, 2.45) is 0 Å². The second-order valence-electron chi connectivity index (χ2n) is 8.13. The van der Waals surface area contributed by atoms with E-state index in [-0.39, 0.29) is 10.6 Å². The highest BCUT2D eigenvalue weighted by Gasteiger charge is 2.28. The average molecular weight is 489 g/mol. The summed E-state index contributed by atoms with van der Waals surface area (Å²) in [5.41, 5.74) is 2.98. The van der Waals surface area contributed by atoms with E-state index in [1.165, 1.54) is 36.4 Å². The summed E-state index contributed by atoms with van der Waals surface area (Å²) in [4.78, 5) is 13.4. The molecule has 0 spiro atoms. The van der Waals surface area contributed by atoms with E-state index >= 15 is 0 Å². The van der Waals surface area contributed by atoms with Gasteiger partial charge >= 0.3 is 0 Å². The molecule has 0 radical (unpaired) electrons. The SMILES string of the molecule is Cc1cccc(C(NC(=O)CN(c2ccc(F)cc2)S(=O)(=O)c2ccccc2)c2ccccc2)c1. The third kappa shape index (κ3) is 5.75. The Bertz CT molecular complexity index is 1390. The van der Waals surface area contributed by atoms with Crippen LogP contribution in [-0.2, 0) is 14.8 Å². The van der Waals surface area contributed by atoms with Crippen molar-refractivity contribution in [2.75, 3.05) is 10.8 Å². The van der Waals surface area contributed by atoms with Gasteiger partial charge in [-0.3, -0.25) is 9.10 Å².